The van der Waals surface area contributed by atoms with Gasteiger partial charge in [0, 0.05) is 24.9 Å². The van der Waals surface area contributed by atoms with Gasteiger partial charge in [-0.1, -0.05) is 18.2 Å². The summed E-state index contributed by atoms with van der Waals surface area (Å²) in [7, 11) is -4.27. The second-order valence-electron chi connectivity index (χ2n) is 10.6. The third-order valence-electron chi connectivity index (χ3n) is 8.43. The van der Waals surface area contributed by atoms with Gasteiger partial charge in [-0.2, -0.15) is 13.2 Å². The van der Waals surface area contributed by atoms with Crippen molar-refractivity contribution in [1.29, 1.82) is 0 Å². The Hall–Kier alpha value is -3.34. The van der Waals surface area contributed by atoms with Gasteiger partial charge in [-0.15, -0.1) is 0 Å². The lowest BCUT2D eigenvalue weighted by atomic mass is 9.72. The lowest BCUT2D eigenvalue weighted by Crippen LogP contribution is -2.47. The molecule has 0 radical (unpaired) electrons. The number of fused-ring (bicyclic) bond motifs is 3. The van der Waals surface area contributed by atoms with Gasteiger partial charge in [0.1, 0.15) is 10.6 Å². The fraction of sp³-hybridized carbons (Fsp3) is 0.379. The molecule has 0 aliphatic heterocycles. The third-order valence-corrected chi connectivity index (χ3v) is 11.0. The number of alkyl halides is 4. The van der Waals surface area contributed by atoms with Gasteiger partial charge in [0.15, 0.2) is 9.84 Å². The SMILES string of the molecule is CC(F)(c1ccc2c(c1)CC[C@H]1[C@@H](C(=O)NCc3ccncc3)CC[C@@]21S(=O)(=O)c1ccc(F)cc1)C(F)(F)F. The summed E-state index contributed by atoms with van der Waals surface area (Å²) in [4.78, 5) is 17.2. The smallest absolute Gasteiger partial charge is 0.352 e. The van der Waals surface area contributed by atoms with Gasteiger partial charge < -0.3 is 5.32 Å². The maximum Gasteiger partial charge on any atom is 0.426 e. The molecule has 5 nitrogen and oxygen atoms in total. The van der Waals surface area contributed by atoms with Gasteiger partial charge >= 0.3 is 6.18 Å². The van der Waals surface area contributed by atoms with Crippen LogP contribution in [0, 0.1) is 17.7 Å². The molecule has 2 aliphatic carbocycles. The number of sulfone groups is 1. The number of aryl methyl sites for hydroxylation is 1. The summed E-state index contributed by atoms with van der Waals surface area (Å²) in [6.45, 7) is 0.652. The summed E-state index contributed by atoms with van der Waals surface area (Å²) in [5.74, 6) is -2.34. The predicted molar refractivity (Wildman–Crippen MR) is 137 cm³/mol. The van der Waals surface area contributed by atoms with E-state index in [1.165, 1.54) is 6.07 Å². The van der Waals surface area contributed by atoms with Crippen molar-refractivity contribution in [2.24, 2.45) is 11.8 Å². The summed E-state index contributed by atoms with van der Waals surface area (Å²) in [5, 5.41) is 2.87. The minimum atomic E-state index is -5.17. The second-order valence-corrected chi connectivity index (χ2v) is 12.8. The molecular formula is C29H27F5N2O3S. The minimum absolute atomic E-state index is 0.0310. The van der Waals surface area contributed by atoms with E-state index in [-0.39, 0.29) is 48.6 Å². The number of rotatable bonds is 6. The molecule has 2 aliphatic rings. The molecule has 3 aromatic rings. The number of amides is 1. The van der Waals surface area contributed by atoms with Crippen molar-refractivity contribution in [3.8, 4) is 0 Å². The van der Waals surface area contributed by atoms with E-state index < -0.39 is 49.6 Å². The lowest BCUT2D eigenvalue weighted by Gasteiger charge is -2.42. The van der Waals surface area contributed by atoms with Gasteiger partial charge in [-0.3, -0.25) is 9.78 Å². The van der Waals surface area contributed by atoms with E-state index in [2.05, 4.69) is 10.3 Å². The zero-order valence-corrected chi connectivity index (χ0v) is 22.3. The Labute approximate surface area is 228 Å². The molecule has 11 heteroatoms. The maximum atomic E-state index is 14.9. The van der Waals surface area contributed by atoms with Gasteiger partial charge in [0.2, 0.25) is 11.6 Å². The number of nitrogens with one attached hydrogen (secondary N) is 1. The van der Waals surface area contributed by atoms with Crippen LogP contribution in [-0.4, -0.2) is 25.5 Å². The zero-order valence-electron chi connectivity index (χ0n) is 21.5. The molecule has 2 aromatic carbocycles. The maximum absolute atomic E-state index is 14.9. The number of benzene rings is 2. The van der Waals surface area contributed by atoms with E-state index in [9.17, 15) is 35.2 Å². The lowest BCUT2D eigenvalue weighted by molar-refractivity contribution is -0.228. The van der Waals surface area contributed by atoms with E-state index >= 15 is 0 Å². The molecule has 1 aromatic heterocycles. The topological polar surface area (TPSA) is 76.1 Å². The fourth-order valence-electron chi connectivity index (χ4n) is 6.27. The van der Waals surface area contributed by atoms with Gasteiger partial charge in [0.05, 0.1) is 4.90 Å². The minimum Gasteiger partial charge on any atom is -0.352 e. The van der Waals surface area contributed by atoms with Crippen LogP contribution in [-0.2, 0) is 38.0 Å². The quantitative estimate of drug-likeness (QED) is 0.291. The Morgan fingerprint density at radius 1 is 1.02 bits per heavy atom. The van der Waals surface area contributed by atoms with Crippen molar-refractivity contribution < 1.29 is 35.2 Å². The van der Waals surface area contributed by atoms with Gasteiger partial charge in [-0.05, 0) is 97.2 Å². The molecule has 5 rings (SSSR count). The first-order valence-electron chi connectivity index (χ1n) is 12.9. The number of carbonyl (C=O) groups is 1. The van der Waals surface area contributed by atoms with Crippen LogP contribution in [0.5, 0.6) is 0 Å². The molecule has 1 fully saturated rings. The van der Waals surface area contributed by atoms with Crippen LogP contribution in [0.4, 0.5) is 22.0 Å². The molecule has 1 amide bonds. The van der Waals surface area contributed by atoms with Crippen LogP contribution in [0.25, 0.3) is 0 Å². The highest BCUT2D eigenvalue weighted by molar-refractivity contribution is 7.92. The number of pyridine rings is 1. The van der Waals surface area contributed by atoms with Crippen LogP contribution in [0.15, 0.2) is 71.9 Å². The number of aromatic nitrogens is 1. The third kappa shape index (κ3) is 4.48. The number of carbonyl (C=O) groups excluding carboxylic acids is 1. The molecule has 1 N–H and O–H groups in total. The number of nitrogens with zero attached hydrogens (tertiary/aromatic N) is 1. The molecule has 40 heavy (non-hydrogen) atoms. The standard InChI is InChI=1S/C29H27F5N2O3S/c1-27(31,29(32,33)34)20-3-9-24-19(16-20)2-8-25-23(26(37)36-17-18-11-14-35-15-12-18)10-13-28(24,25)40(38,39)22-6-4-21(30)5-7-22/h3-7,9,11-12,14-16,23,25H,2,8,10,13,17H2,1H3,(H,36,37)/t23-,25-,27?,28+/m0/s1. The molecule has 212 valence electrons. The Bertz CT molecular complexity index is 1530. The van der Waals surface area contributed by atoms with E-state index in [4.69, 9.17) is 0 Å². The Balaban J connectivity index is 1.59. The molecule has 1 heterocycles. The molecule has 0 spiro atoms. The zero-order chi connectivity index (χ0) is 28.9. The average Bonchev–Trinajstić information content (AvgIpc) is 3.33. The average molecular weight is 579 g/mol. The first-order valence-corrected chi connectivity index (χ1v) is 14.3. The molecule has 4 atom stereocenters. The highest BCUT2D eigenvalue weighted by Gasteiger charge is 2.62. The van der Waals surface area contributed by atoms with Crippen molar-refractivity contribution in [2.45, 2.75) is 60.6 Å². The van der Waals surface area contributed by atoms with E-state index in [0.29, 0.717) is 12.5 Å². The molecule has 1 unspecified atom stereocenters. The Kier molecular flexibility index (Phi) is 7.00. The van der Waals surface area contributed by atoms with Crippen molar-refractivity contribution in [3.63, 3.8) is 0 Å². The highest BCUT2D eigenvalue weighted by Crippen LogP contribution is 2.59. The van der Waals surface area contributed by atoms with E-state index in [0.717, 1.165) is 42.0 Å². The van der Waals surface area contributed by atoms with Crippen LogP contribution >= 0.6 is 0 Å². The second kappa shape index (κ2) is 9.94. The number of halogens is 5. The summed E-state index contributed by atoms with van der Waals surface area (Å²) < 4.78 is 96.0. The summed E-state index contributed by atoms with van der Waals surface area (Å²) >= 11 is 0. The van der Waals surface area contributed by atoms with Crippen molar-refractivity contribution in [1.82, 2.24) is 10.3 Å². The van der Waals surface area contributed by atoms with Crippen molar-refractivity contribution in [2.75, 3.05) is 0 Å². The molecule has 0 saturated heterocycles. The largest absolute Gasteiger partial charge is 0.426 e. The molecule has 0 bridgehead atoms. The summed E-state index contributed by atoms with van der Waals surface area (Å²) in [6.07, 6.45) is -1.37. The number of hydrogen-bond donors (Lipinski definition) is 1. The highest BCUT2D eigenvalue weighted by atomic mass is 32.2. The fourth-order valence-corrected chi connectivity index (χ4v) is 8.74. The number of hydrogen-bond acceptors (Lipinski definition) is 4. The Morgan fingerprint density at radius 3 is 2.35 bits per heavy atom. The predicted octanol–water partition coefficient (Wildman–Crippen LogP) is 5.93. The summed E-state index contributed by atoms with van der Waals surface area (Å²) in [6, 6.07) is 11.2. The summed E-state index contributed by atoms with van der Waals surface area (Å²) in [5.41, 5.74) is -2.87. The normalized spacial score (nSPS) is 24.1. The Morgan fingerprint density at radius 2 is 1.70 bits per heavy atom. The van der Waals surface area contributed by atoms with Crippen molar-refractivity contribution in [3.05, 3.63) is 95.1 Å². The van der Waals surface area contributed by atoms with E-state index in [1.54, 1.807) is 24.5 Å². The van der Waals surface area contributed by atoms with E-state index in [1.807, 2.05) is 0 Å². The van der Waals surface area contributed by atoms with Crippen LogP contribution < -0.4 is 5.32 Å². The van der Waals surface area contributed by atoms with Gasteiger partial charge in [0.25, 0.3) is 0 Å². The van der Waals surface area contributed by atoms with Crippen LogP contribution in [0.1, 0.15) is 48.4 Å². The monoisotopic (exact) mass is 578 g/mol. The van der Waals surface area contributed by atoms with Crippen molar-refractivity contribution >= 4 is 15.7 Å². The molecular weight excluding hydrogens is 551 g/mol. The molecule has 1 saturated carbocycles. The van der Waals surface area contributed by atoms with Crippen LogP contribution in [0.2, 0.25) is 0 Å². The van der Waals surface area contributed by atoms with Gasteiger partial charge in [-0.25, -0.2) is 17.2 Å². The first-order chi connectivity index (χ1) is 18.8. The first kappa shape index (κ1) is 28.2. The van der Waals surface area contributed by atoms with Crippen LogP contribution in [0.3, 0.4) is 0 Å².